The zero-order valence-electron chi connectivity index (χ0n) is 52.8. The van der Waals surface area contributed by atoms with Crippen molar-refractivity contribution in [1.29, 1.82) is 0 Å². The second kappa shape index (κ2) is 58.9. The molecule has 0 aliphatic heterocycles. The Labute approximate surface area is 490 Å². The van der Waals surface area contributed by atoms with Crippen LogP contribution >= 0.6 is 7.82 Å². The molecule has 3 atom stereocenters. The van der Waals surface area contributed by atoms with Crippen molar-refractivity contribution in [1.82, 2.24) is 5.32 Å². The minimum absolute atomic E-state index is 0.0321. The highest BCUT2D eigenvalue weighted by Crippen LogP contribution is 2.38. The van der Waals surface area contributed by atoms with Crippen LogP contribution in [0.2, 0.25) is 0 Å². The summed E-state index contributed by atoms with van der Waals surface area (Å²) in [5.41, 5.74) is 0. The van der Waals surface area contributed by atoms with E-state index in [1.165, 1.54) is 212 Å². The molecule has 0 saturated carbocycles. The molecule has 0 heterocycles. The number of carbonyl (C=O) groups is 2. The minimum atomic E-state index is -4.72. The van der Waals surface area contributed by atoms with Gasteiger partial charge in [-0.1, -0.05) is 294 Å². The van der Waals surface area contributed by atoms with E-state index in [2.05, 4.69) is 74.7 Å². The third kappa shape index (κ3) is 60.1. The molecule has 9 nitrogen and oxygen atoms in total. The minimum Gasteiger partial charge on any atom is -0.756 e. The summed E-state index contributed by atoms with van der Waals surface area (Å²) < 4.78 is 30.3. The summed E-state index contributed by atoms with van der Waals surface area (Å²) in [6.07, 6.45) is 74.9. The number of rotatable bonds is 61. The van der Waals surface area contributed by atoms with Crippen molar-refractivity contribution >= 4 is 19.7 Å². The summed E-state index contributed by atoms with van der Waals surface area (Å²) in [5.74, 6) is -0.595. The molecule has 0 radical (unpaired) electrons. The van der Waals surface area contributed by atoms with Crippen LogP contribution in [-0.2, 0) is 27.9 Å². The van der Waals surface area contributed by atoms with Gasteiger partial charge >= 0.3 is 5.97 Å². The molecular formula is C69H129N2O7P. The van der Waals surface area contributed by atoms with Crippen LogP contribution in [0.1, 0.15) is 316 Å². The third-order valence-corrected chi connectivity index (χ3v) is 15.9. The standard InChI is InChI=1S/C69H129N2O7P/c1-7-10-13-16-19-22-25-28-30-32-33-34-35-36-37-39-41-44-47-50-53-56-59-62-69(73)78-67(60-57-54-51-48-45-42-27-24-21-18-15-12-9-3)66(65-77-79(74,75)76-64-63-71(4,5)6)70-68(72)61-58-55-52-49-46-43-40-38-31-29-26-23-20-17-14-11-8-2/h20,23,29,31,40,43,49,52,57,60,66-67H,7-19,21-22,24-28,30,32-39,41-42,44-48,50-51,53-56,58-59,61-65H2,1-6H3,(H-,70,72,74,75)/b23-20-,31-29-,43-40-,52-49-,60-57-. The number of phosphoric ester groups is 1. The zero-order chi connectivity index (χ0) is 57.9. The van der Waals surface area contributed by atoms with Crippen molar-refractivity contribution in [3.63, 3.8) is 0 Å². The Morgan fingerprint density at radius 1 is 0.443 bits per heavy atom. The first kappa shape index (κ1) is 76.7. The lowest BCUT2D eigenvalue weighted by molar-refractivity contribution is -0.870. The van der Waals surface area contributed by atoms with Crippen molar-refractivity contribution in [3.8, 4) is 0 Å². The fraction of sp³-hybridized carbons (Fsp3) is 0.826. The summed E-state index contributed by atoms with van der Waals surface area (Å²) in [4.78, 5) is 40.1. The average molecular weight is 1130 g/mol. The lowest BCUT2D eigenvalue weighted by Gasteiger charge is -2.30. The Kier molecular flexibility index (Phi) is 57.2. The Hall–Kier alpha value is -2.29. The monoisotopic (exact) mass is 1130 g/mol. The van der Waals surface area contributed by atoms with E-state index in [1.807, 2.05) is 33.3 Å². The molecule has 0 aromatic heterocycles. The number of quaternary nitrogens is 1. The van der Waals surface area contributed by atoms with Crippen LogP contribution in [0.5, 0.6) is 0 Å². The lowest BCUT2D eigenvalue weighted by Crippen LogP contribution is -2.47. The van der Waals surface area contributed by atoms with E-state index in [9.17, 15) is 19.0 Å². The second-order valence-corrected chi connectivity index (χ2v) is 25.4. The van der Waals surface area contributed by atoms with Crippen LogP contribution in [0.3, 0.4) is 0 Å². The molecule has 0 rings (SSSR count). The third-order valence-electron chi connectivity index (χ3n) is 15.0. The molecule has 10 heteroatoms. The van der Waals surface area contributed by atoms with E-state index < -0.39 is 26.6 Å². The number of nitrogens with zero attached hydrogens (tertiary/aromatic N) is 1. The van der Waals surface area contributed by atoms with Crippen LogP contribution in [0, 0.1) is 0 Å². The Bertz CT molecular complexity index is 1540. The maximum absolute atomic E-state index is 13.5. The number of amides is 1. The number of ether oxygens (including phenoxy) is 1. The Morgan fingerprint density at radius 2 is 0.785 bits per heavy atom. The largest absolute Gasteiger partial charge is 0.756 e. The molecule has 0 saturated heterocycles. The predicted octanol–water partition coefficient (Wildman–Crippen LogP) is 20.4. The van der Waals surface area contributed by atoms with Gasteiger partial charge in [-0.3, -0.25) is 14.2 Å². The first-order chi connectivity index (χ1) is 38.4. The van der Waals surface area contributed by atoms with Crippen molar-refractivity contribution in [2.24, 2.45) is 0 Å². The molecular weight excluding hydrogens is 1000 g/mol. The fourth-order valence-corrected chi connectivity index (χ4v) is 10.5. The summed E-state index contributed by atoms with van der Waals surface area (Å²) in [5, 5.41) is 3.00. The van der Waals surface area contributed by atoms with Gasteiger partial charge in [0.2, 0.25) is 5.91 Å². The van der Waals surface area contributed by atoms with Crippen LogP contribution < -0.4 is 10.2 Å². The highest BCUT2D eigenvalue weighted by atomic mass is 31.2. The van der Waals surface area contributed by atoms with Gasteiger partial charge in [0.05, 0.1) is 33.8 Å². The summed E-state index contributed by atoms with van der Waals surface area (Å²) in [7, 11) is 1.16. The van der Waals surface area contributed by atoms with Gasteiger partial charge in [0.25, 0.3) is 7.82 Å². The van der Waals surface area contributed by atoms with Crippen molar-refractivity contribution in [2.75, 3.05) is 40.9 Å². The maximum atomic E-state index is 13.5. The summed E-state index contributed by atoms with van der Waals surface area (Å²) >= 11 is 0. The van der Waals surface area contributed by atoms with Gasteiger partial charge in [0.1, 0.15) is 19.3 Å². The average Bonchev–Trinajstić information content (AvgIpc) is 3.41. The van der Waals surface area contributed by atoms with E-state index in [4.69, 9.17) is 13.8 Å². The molecule has 79 heavy (non-hydrogen) atoms. The van der Waals surface area contributed by atoms with Gasteiger partial charge < -0.3 is 28.5 Å². The normalized spacial score (nSPS) is 14.0. The smallest absolute Gasteiger partial charge is 0.306 e. The van der Waals surface area contributed by atoms with Crippen molar-refractivity contribution < 1.29 is 37.3 Å². The second-order valence-electron chi connectivity index (χ2n) is 24.0. The van der Waals surface area contributed by atoms with Crippen LogP contribution in [-0.4, -0.2) is 69.4 Å². The first-order valence-corrected chi connectivity index (χ1v) is 35.1. The van der Waals surface area contributed by atoms with Gasteiger partial charge in [0.15, 0.2) is 0 Å². The SMILES string of the molecule is CCCCC/C=C\C/C=C\C/C=C\C/C=C\CCCC(=O)NC(COP(=O)([O-])OCC[N+](C)(C)C)C(/C=C\CCCCCCCCCCCCC)OC(=O)CCCCCCCCCCCCCCCCCCCCCCCCC. The molecule has 1 amide bonds. The number of allylic oxidation sites excluding steroid dienone is 9. The molecule has 0 spiro atoms. The number of nitrogens with one attached hydrogen (secondary N) is 1. The number of carbonyl (C=O) groups excluding carboxylic acids is 2. The lowest BCUT2D eigenvalue weighted by atomic mass is 10.0. The molecule has 462 valence electrons. The number of unbranched alkanes of at least 4 members (excludes halogenated alkanes) is 37. The maximum Gasteiger partial charge on any atom is 0.306 e. The van der Waals surface area contributed by atoms with Crippen molar-refractivity contribution in [2.45, 2.75) is 328 Å². The number of phosphoric acid groups is 1. The van der Waals surface area contributed by atoms with E-state index >= 15 is 0 Å². The van der Waals surface area contributed by atoms with Crippen LogP contribution in [0.25, 0.3) is 0 Å². The van der Waals surface area contributed by atoms with Gasteiger partial charge in [-0.25, -0.2) is 0 Å². The first-order valence-electron chi connectivity index (χ1n) is 33.6. The van der Waals surface area contributed by atoms with E-state index in [1.54, 1.807) is 0 Å². The highest BCUT2D eigenvalue weighted by molar-refractivity contribution is 7.45. The number of esters is 1. The topological polar surface area (TPSA) is 114 Å². The molecule has 1 N–H and O–H groups in total. The van der Waals surface area contributed by atoms with Crippen molar-refractivity contribution in [3.05, 3.63) is 60.8 Å². The highest BCUT2D eigenvalue weighted by Gasteiger charge is 2.27. The molecule has 0 aliphatic rings. The molecule has 0 bridgehead atoms. The van der Waals surface area contributed by atoms with Crippen LogP contribution in [0.4, 0.5) is 0 Å². The molecule has 0 aromatic carbocycles. The van der Waals surface area contributed by atoms with E-state index in [-0.39, 0.29) is 31.3 Å². The molecule has 0 fully saturated rings. The van der Waals surface area contributed by atoms with Gasteiger partial charge in [-0.15, -0.1) is 0 Å². The van der Waals surface area contributed by atoms with E-state index in [0.717, 1.165) is 64.2 Å². The Balaban J connectivity index is 5.21. The van der Waals surface area contributed by atoms with Gasteiger partial charge in [-0.05, 0) is 70.3 Å². The number of likely N-dealkylation sites (N-methyl/N-ethyl adjacent to an activating group) is 1. The molecule has 0 aromatic rings. The van der Waals surface area contributed by atoms with E-state index in [0.29, 0.717) is 17.4 Å². The quantitative estimate of drug-likeness (QED) is 0.0212. The number of hydrogen-bond donors (Lipinski definition) is 1. The van der Waals surface area contributed by atoms with Gasteiger partial charge in [0, 0.05) is 12.8 Å². The predicted molar refractivity (Wildman–Crippen MR) is 339 cm³/mol. The van der Waals surface area contributed by atoms with Crippen LogP contribution in [0.15, 0.2) is 60.8 Å². The molecule has 3 unspecified atom stereocenters. The fourth-order valence-electron chi connectivity index (χ4n) is 9.75. The summed E-state index contributed by atoms with van der Waals surface area (Å²) in [6, 6.07) is -0.916. The summed E-state index contributed by atoms with van der Waals surface area (Å²) in [6.45, 7) is 6.81. The number of hydrogen-bond acceptors (Lipinski definition) is 7. The zero-order valence-corrected chi connectivity index (χ0v) is 53.7. The Morgan fingerprint density at radius 3 is 1.20 bits per heavy atom. The molecule has 0 aliphatic carbocycles. The van der Waals surface area contributed by atoms with Gasteiger partial charge in [-0.2, -0.15) is 0 Å².